The maximum absolute atomic E-state index is 5.76. The Morgan fingerprint density at radius 1 is 1.00 bits per heavy atom. The molecule has 0 amide bonds. The van der Waals surface area contributed by atoms with E-state index in [1.165, 1.54) is 0 Å². The molecule has 1 saturated heterocycles. The molecular weight excluding hydrogens is 424 g/mol. The molecular formula is C27H26N6O. The number of para-hydroxylation sites is 1. The highest BCUT2D eigenvalue weighted by atomic mass is 16.6. The number of anilines is 3. The topological polar surface area (TPSA) is 91.0 Å². The van der Waals surface area contributed by atoms with E-state index in [-0.39, 0.29) is 5.72 Å². The standard InChI is InChI=1S/C27H26N6O/c1-2-3-13-27(17-34-27)32-21-8-6-7-18(14-21)25-30-24-10-5-4-9-22(24)26(31-25)29-20-11-12-23-19(15-20)16-28-33-23/h4-12,14-16,32H,2-3,13,17H2,1H3,(H,28,33)(H,29,30,31). The minimum absolute atomic E-state index is 0.225. The predicted molar refractivity (Wildman–Crippen MR) is 136 cm³/mol. The fourth-order valence-electron chi connectivity index (χ4n) is 4.29. The van der Waals surface area contributed by atoms with Gasteiger partial charge in [-0.3, -0.25) is 5.10 Å². The zero-order valence-electron chi connectivity index (χ0n) is 19.0. The summed E-state index contributed by atoms with van der Waals surface area (Å²) >= 11 is 0. The summed E-state index contributed by atoms with van der Waals surface area (Å²) in [5, 5.41) is 16.2. The van der Waals surface area contributed by atoms with Crippen molar-refractivity contribution in [1.29, 1.82) is 0 Å². The molecule has 1 fully saturated rings. The Labute approximate surface area is 197 Å². The fourth-order valence-corrected chi connectivity index (χ4v) is 4.29. The van der Waals surface area contributed by atoms with Gasteiger partial charge in [0.15, 0.2) is 11.5 Å². The molecule has 0 bridgehead atoms. The van der Waals surface area contributed by atoms with Gasteiger partial charge >= 0.3 is 0 Å². The zero-order valence-corrected chi connectivity index (χ0v) is 19.0. The van der Waals surface area contributed by atoms with E-state index in [9.17, 15) is 0 Å². The molecule has 7 nitrogen and oxygen atoms in total. The summed E-state index contributed by atoms with van der Waals surface area (Å²) in [6.45, 7) is 2.95. The summed E-state index contributed by atoms with van der Waals surface area (Å²) in [5.41, 5.74) is 4.58. The second kappa shape index (κ2) is 8.43. The van der Waals surface area contributed by atoms with Crippen molar-refractivity contribution in [2.75, 3.05) is 17.2 Å². The van der Waals surface area contributed by atoms with Gasteiger partial charge < -0.3 is 15.4 Å². The SMILES string of the molecule is CCCCC1(Nc2cccc(-c3nc(Nc4ccc5[nH]ncc5c4)c4ccccc4n3)c2)CO1. The van der Waals surface area contributed by atoms with Gasteiger partial charge in [-0.05, 0) is 55.3 Å². The van der Waals surface area contributed by atoms with Crippen molar-refractivity contribution in [3.05, 3.63) is 72.9 Å². The molecule has 6 rings (SSSR count). The van der Waals surface area contributed by atoms with E-state index >= 15 is 0 Å². The molecule has 7 heteroatoms. The number of unbranched alkanes of at least 4 members (excludes halogenated alkanes) is 1. The van der Waals surface area contributed by atoms with Gasteiger partial charge in [-0.15, -0.1) is 0 Å². The number of aromatic nitrogens is 4. The Kier molecular flexibility index (Phi) is 5.11. The van der Waals surface area contributed by atoms with Gasteiger partial charge in [0.2, 0.25) is 0 Å². The van der Waals surface area contributed by atoms with Crippen LogP contribution in [-0.4, -0.2) is 32.5 Å². The molecule has 3 heterocycles. The van der Waals surface area contributed by atoms with Crippen molar-refractivity contribution in [3.63, 3.8) is 0 Å². The van der Waals surface area contributed by atoms with E-state index in [2.05, 4.69) is 46.0 Å². The number of epoxide rings is 1. The van der Waals surface area contributed by atoms with E-state index in [0.717, 1.165) is 70.4 Å². The van der Waals surface area contributed by atoms with Crippen LogP contribution in [0.3, 0.4) is 0 Å². The zero-order chi connectivity index (χ0) is 23.0. The average molecular weight is 451 g/mol. The smallest absolute Gasteiger partial charge is 0.162 e. The number of hydrogen-bond acceptors (Lipinski definition) is 6. The maximum atomic E-state index is 5.76. The fraction of sp³-hybridized carbons (Fsp3) is 0.222. The Hall–Kier alpha value is -3.97. The molecule has 170 valence electrons. The van der Waals surface area contributed by atoms with E-state index in [1.807, 2.05) is 54.7 Å². The Morgan fingerprint density at radius 2 is 1.91 bits per heavy atom. The normalized spacial score (nSPS) is 17.2. The molecule has 3 aromatic carbocycles. The Morgan fingerprint density at radius 3 is 2.79 bits per heavy atom. The van der Waals surface area contributed by atoms with Crippen LogP contribution in [0.2, 0.25) is 0 Å². The minimum Gasteiger partial charge on any atom is -0.356 e. The minimum atomic E-state index is -0.225. The molecule has 0 saturated carbocycles. The van der Waals surface area contributed by atoms with Crippen molar-refractivity contribution >= 4 is 39.0 Å². The van der Waals surface area contributed by atoms with Crippen LogP contribution in [0.15, 0.2) is 72.9 Å². The van der Waals surface area contributed by atoms with E-state index < -0.39 is 0 Å². The van der Waals surface area contributed by atoms with Crippen LogP contribution in [0.5, 0.6) is 0 Å². The second-order valence-electron chi connectivity index (χ2n) is 8.80. The van der Waals surface area contributed by atoms with Crippen LogP contribution < -0.4 is 10.6 Å². The third-order valence-corrected chi connectivity index (χ3v) is 6.23. The molecule has 3 N–H and O–H groups in total. The van der Waals surface area contributed by atoms with Crippen LogP contribution in [0, 0.1) is 0 Å². The molecule has 2 aromatic heterocycles. The van der Waals surface area contributed by atoms with E-state index in [0.29, 0.717) is 5.82 Å². The van der Waals surface area contributed by atoms with Crippen molar-refractivity contribution in [1.82, 2.24) is 20.2 Å². The Bertz CT molecular complexity index is 1470. The first-order valence-electron chi connectivity index (χ1n) is 11.7. The first kappa shape index (κ1) is 20.6. The van der Waals surface area contributed by atoms with Crippen molar-refractivity contribution in [2.45, 2.75) is 31.9 Å². The summed E-state index contributed by atoms with van der Waals surface area (Å²) < 4.78 is 5.76. The van der Waals surface area contributed by atoms with Gasteiger partial charge in [-0.2, -0.15) is 5.10 Å². The molecule has 5 aromatic rings. The molecule has 0 aliphatic carbocycles. The largest absolute Gasteiger partial charge is 0.356 e. The van der Waals surface area contributed by atoms with E-state index in [4.69, 9.17) is 14.7 Å². The number of aromatic amines is 1. The van der Waals surface area contributed by atoms with Crippen LogP contribution in [-0.2, 0) is 4.74 Å². The first-order valence-corrected chi connectivity index (χ1v) is 11.7. The van der Waals surface area contributed by atoms with Crippen molar-refractivity contribution < 1.29 is 4.74 Å². The molecule has 0 spiro atoms. The van der Waals surface area contributed by atoms with Crippen LogP contribution >= 0.6 is 0 Å². The molecule has 1 unspecified atom stereocenters. The first-order chi connectivity index (χ1) is 16.7. The highest BCUT2D eigenvalue weighted by Gasteiger charge is 2.43. The van der Waals surface area contributed by atoms with Gasteiger partial charge in [0.1, 0.15) is 5.82 Å². The summed E-state index contributed by atoms with van der Waals surface area (Å²) in [4.78, 5) is 9.80. The summed E-state index contributed by atoms with van der Waals surface area (Å²) in [7, 11) is 0. The lowest BCUT2D eigenvalue weighted by Gasteiger charge is -2.16. The number of H-pyrrole nitrogens is 1. The van der Waals surface area contributed by atoms with Gasteiger partial charge in [-0.25, -0.2) is 9.97 Å². The quantitative estimate of drug-likeness (QED) is 0.242. The van der Waals surface area contributed by atoms with Crippen LogP contribution in [0.1, 0.15) is 26.2 Å². The summed E-state index contributed by atoms with van der Waals surface area (Å²) in [5.74, 6) is 1.44. The summed E-state index contributed by atoms with van der Waals surface area (Å²) in [6.07, 6.45) is 5.12. The average Bonchev–Trinajstić information content (AvgIpc) is 3.46. The van der Waals surface area contributed by atoms with E-state index in [1.54, 1.807) is 0 Å². The number of ether oxygens (including phenoxy) is 1. The highest BCUT2D eigenvalue weighted by Crippen LogP contribution is 2.35. The van der Waals surface area contributed by atoms with Gasteiger partial charge in [-0.1, -0.05) is 37.6 Å². The number of benzene rings is 3. The lowest BCUT2D eigenvalue weighted by molar-refractivity contribution is 0.311. The molecule has 1 aliphatic heterocycles. The van der Waals surface area contributed by atoms with Gasteiger partial charge in [0.05, 0.1) is 23.8 Å². The lowest BCUT2D eigenvalue weighted by atomic mass is 10.1. The monoisotopic (exact) mass is 450 g/mol. The third-order valence-electron chi connectivity index (χ3n) is 6.23. The molecule has 1 aliphatic rings. The maximum Gasteiger partial charge on any atom is 0.162 e. The number of hydrogen-bond donors (Lipinski definition) is 3. The predicted octanol–water partition coefficient (Wildman–Crippen LogP) is 6.25. The third kappa shape index (κ3) is 4.06. The highest BCUT2D eigenvalue weighted by molar-refractivity contribution is 5.93. The second-order valence-corrected chi connectivity index (χ2v) is 8.80. The van der Waals surface area contributed by atoms with Crippen LogP contribution in [0.25, 0.3) is 33.2 Å². The summed E-state index contributed by atoms with van der Waals surface area (Å²) in [6, 6.07) is 22.4. The van der Waals surface area contributed by atoms with Crippen molar-refractivity contribution in [3.8, 4) is 11.4 Å². The molecule has 34 heavy (non-hydrogen) atoms. The number of fused-ring (bicyclic) bond motifs is 2. The number of nitrogens with one attached hydrogen (secondary N) is 3. The Balaban J connectivity index is 1.35. The molecule has 0 radical (unpaired) electrons. The molecule has 1 atom stereocenters. The van der Waals surface area contributed by atoms with Gasteiger partial charge in [0.25, 0.3) is 0 Å². The number of rotatable bonds is 8. The number of nitrogens with zero attached hydrogens (tertiary/aromatic N) is 3. The van der Waals surface area contributed by atoms with Crippen LogP contribution in [0.4, 0.5) is 17.2 Å². The van der Waals surface area contributed by atoms with Crippen molar-refractivity contribution in [2.24, 2.45) is 0 Å². The lowest BCUT2D eigenvalue weighted by Crippen LogP contribution is -2.23. The van der Waals surface area contributed by atoms with Gasteiger partial charge in [0, 0.05) is 27.7 Å².